The highest BCUT2D eigenvalue weighted by Crippen LogP contribution is 2.26. The summed E-state index contributed by atoms with van der Waals surface area (Å²) >= 11 is 0. The fourth-order valence-corrected chi connectivity index (χ4v) is 2.84. The largest absolute Gasteiger partial charge is 0.481 e. The van der Waals surface area contributed by atoms with Gasteiger partial charge in [0.15, 0.2) is 0 Å². The Balaban J connectivity index is 2.16. The van der Waals surface area contributed by atoms with Crippen molar-refractivity contribution in [1.29, 1.82) is 0 Å². The number of nitrogens with one attached hydrogen (secondary N) is 1. The smallest absolute Gasteiger partial charge is 0.307 e. The first-order valence-electron chi connectivity index (χ1n) is 8.39. The molecule has 2 aromatic carbocycles. The first-order chi connectivity index (χ1) is 12.4. The van der Waals surface area contributed by atoms with Crippen LogP contribution in [-0.2, 0) is 11.2 Å². The van der Waals surface area contributed by atoms with Gasteiger partial charge in [-0.25, -0.2) is 4.39 Å². The molecule has 4 nitrogen and oxygen atoms in total. The van der Waals surface area contributed by atoms with Gasteiger partial charge in [0.1, 0.15) is 5.82 Å². The Labute approximate surface area is 152 Å². The topological polar surface area (TPSA) is 66.4 Å². The van der Waals surface area contributed by atoms with Gasteiger partial charge in [-0.05, 0) is 54.7 Å². The molecule has 0 radical (unpaired) electrons. The van der Waals surface area contributed by atoms with E-state index in [2.05, 4.69) is 5.32 Å². The maximum atomic E-state index is 14.2. The zero-order chi connectivity index (χ0) is 19.1. The average molecular weight is 355 g/mol. The SMILES string of the molecule is CNC(=O)c1ccc(CC/C=C(/CC(=O)O)c2c(C)cccc2F)cc1. The lowest BCUT2D eigenvalue weighted by Crippen LogP contribution is -2.17. The third-order valence-corrected chi connectivity index (χ3v) is 4.15. The molecule has 2 aromatic rings. The summed E-state index contributed by atoms with van der Waals surface area (Å²) < 4.78 is 14.2. The zero-order valence-corrected chi connectivity index (χ0v) is 14.9. The highest BCUT2D eigenvalue weighted by molar-refractivity contribution is 5.93. The van der Waals surface area contributed by atoms with E-state index in [0.717, 1.165) is 5.56 Å². The molecule has 136 valence electrons. The van der Waals surface area contributed by atoms with Crippen LogP contribution in [-0.4, -0.2) is 24.0 Å². The van der Waals surface area contributed by atoms with Crippen molar-refractivity contribution in [3.63, 3.8) is 0 Å². The molecule has 0 saturated heterocycles. The fraction of sp³-hybridized carbons (Fsp3) is 0.238. The van der Waals surface area contributed by atoms with Crippen molar-refractivity contribution in [2.75, 3.05) is 7.05 Å². The van der Waals surface area contributed by atoms with Gasteiger partial charge in [-0.15, -0.1) is 0 Å². The molecule has 0 unspecified atom stereocenters. The third kappa shape index (κ3) is 5.02. The minimum Gasteiger partial charge on any atom is -0.481 e. The summed E-state index contributed by atoms with van der Waals surface area (Å²) in [5, 5.41) is 11.7. The normalized spacial score (nSPS) is 11.3. The number of rotatable bonds is 7. The average Bonchev–Trinajstić information content (AvgIpc) is 2.61. The summed E-state index contributed by atoms with van der Waals surface area (Å²) in [5.74, 6) is -1.54. The van der Waals surface area contributed by atoms with Crippen molar-refractivity contribution in [1.82, 2.24) is 5.32 Å². The zero-order valence-electron chi connectivity index (χ0n) is 14.9. The van der Waals surface area contributed by atoms with Gasteiger partial charge in [-0.3, -0.25) is 9.59 Å². The number of carbonyl (C=O) groups is 2. The van der Waals surface area contributed by atoms with Gasteiger partial charge in [0, 0.05) is 18.2 Å². The van der Waals surface area contributed by atoms with E-state index in [1.807, 2.05) is 12.1 Å². The van der Waals surface area contributed by atoms with Gasteiger partial charge in [0.25, 0.3) is 5.91 Å². The van der Waals surface area contributed by atoms with E-state index < -0.39 is 11.8 Å². The second-order valence-electron chi connectivity index (χ2n) is 6.05. The molecule has 2 rings (SSSR count). The summed E-state index contributed by atoms with van der Waals surface area (Å²) in [7, 11) is 1.58. The molecular weight excluding hydrogens is 333 g/mol. The summed E-state index contributed by atoms with van der Waals surface area (Å²) in [4.78, 5) is 22.7. The molecule has 0 aliphatic carbocycles. The predicted octanol–water partition coefficient (Wildman–Crippen LogP) is 3.98. The number of allylic oxidation sites excluding steroid dienone is 1. The molecule has 0 fully saturated rings. The second-order valence-corrected chi connectivity index (χ2v) is 6.05. The van der Waals surface area contributed by atoms with Crippen LogP contribution in [0.1, 0.15) is 39.9 Å². The summed E-state index contributed by atoms with van der Waals surface area (Å²) in [6.45, 7) is 1.77. The molecule has 0 saturated carbocycles. The Bertz CT molecular complexity index is 805. The van der Waals surface area contributed by atoms with Crippen LogP contribution in [0.5, 0.6) is 0 Å². The van der Waals surface area contributed by atoms with Crippen molar-refractivity contribution >= 4 is 17.4 Å². The number of hydrogen-bond donors (Lipinski definition) is 2. The number of benzene rings is 2. The standard InChI is InChI=1S/C21H22FNO3/c1-14-5-3-8-18(22)20(14)17(13-19(24)25)7-4-6-15-9-11-16(12-10-15)21(26)23-2/h3,5,7-12H,4,6,13H2,1-2H3,(H,23,26)(H,24,25)/b17-7-. The second kappa shape index (κ2) is 8.94. The highest BCUT2D eigenvalue weighted by atomic mass is 19.1. The molecule has 0 aromatic heterocycles. The van der Waals surface area contributed by atoms with Crippen molar-refractivity contribution < 1.29 is 19.1 Å². The van der Waals surface area contributed by atoms with Gasteiger partial charge < -0.3 is 10.4 Å². The Hall–Kier alpha value is -2.95. The lowest BCUT2D eigenvalue weighted by molar-refractivity contribution is -0.135. The van der Waals surface area contributed by atoms with Crippen molar-refractivity contribution in [2.24, 2.45) is 0 Å². The number of hydrogen-bond acceptors (Lipinski definition) is 2. The first kappa shape index (κ1) is 19.4. The molecule has 5 heteroatoms. The van der Waals surface area contributed by atoms with E-state index in [0.29, 0.717) is 35.1 Å². The van der Waals surface area contributed by atoms with Gasteiger partial charge in [0.05, 0.1) is 6.42 Å². The molecule has 0 spiro atoms. The lowest BCUT2D eigenvalue weighted by Gasteiger charge is -2.11. The van der Waals surface area contributed by atoms with Crippen LogP contribution in [0.3, 0.4) is 0 Å². The van der Waals surface area contributed by atoms with Crippen molar-refractivity contribution in [3.05, 3.63) is 76.6 Å². The van der Waals surface area contributed by atoms with Gasteiger partial charge in [-0.1, -0.05) is 30.3 Å². The third-order valence-electron chi connectivity index (χ3n) is 4.15. The molecule has 0 heterocycles. The molecule has 2 N–H and O–H groups in total. The van der Waals surface area contributed by atoms with E-state index in [1.54, 1.807) is 44.3 Å². The number of halogens is 1. The highest BCUT2D eigenvalue weighted by Gasteiger charge is 2.13. The number of aryl methyl sites for hydroxylation is 2. The van der Waals surface area contributed by atoms with Crippen molar-refractivity contribution in [3.8, 4) is 0 Å². The van der Waals surface area contributed by atoms with E-state index in [4.69, 9.17) is 5.11 Å². The number of amides is 1. The van der Waals surface area contributed by atoms with Crippen LogP contribution < -0.4 is 5.32 Å². The van der Waals surface area contributed by atoms with E-state index in [9.17, 15) is 14.0 Å². The Morgan fingerprint density at radius 2 is 1.85 bits per heavy atom. The van der Waals surface area contributed by atoms with Gasteiger partial charge in [-0.2, -0.15) is 0 Å². The number of aliphatic carboxylic acids is 1. The molecule has 1 amide bonds. The Kier molecular flexibility index (Phi) is 6.67. The van der Waals surface area contributed by atoms with Crippen LogP contribution in [0.4, 0.5) is 4.39 Å². The lowest BCUT2D eigenvalue weighted by atomic mass is 9.95. The van der Waals surface area contributed by atoms with Crippen molar-refractivity contribution in [2.45, 2.75) is 26.2 Å². The fourth-order valence-electron chi connectivity index (χ4n) is 2.84. The summed E-state index contributed by atoms with van der Waals surface area (Å²) in [5.41, 5.74) is 3.17. The molecule has 0 bridgehead atoms. The predicted molar refractivity (Wildman–Crippen MR) is 99.5 cm³/mol. The van der Waals surface area contributed by atoms with Crippen LogP contribution in [0.15, 0.2) is 48.5 Å². The van der Waals surface area contributed by atoms with Gasteiger partial charge in [0.2, 0.25) is 0 Å². The molecule has 0 aliphatic rings. The summed E-state index contributed by atoms with van der Waals surface area (Å²) in [6, 6.07) is 11.9. The van der Waals surface area contributed by atoms with E-state index in [-0.39, 0.29) is 12.3 Å². The first-order valence-corrected chi connectivity index (χ1v) is 8.39. The van der Waals surface area contributed by atoms with E-state index >= 15 is 0 Å². The van der Waals surface area contributed by atoms with Crippen LogP contribution >= 0.6 is 0 Å². The number of carboxylic acid groups (broad SMARTS) is 1. The molecule has 0 atom stereocenters. The number of carbonyl (C=O) groups excluding carboxylic acids is 1. The molecule has 26 heavy (non-hydrogen) atoms. The minimum absolute atomic E-state index is 0.143. The Morgan fingerprint density at radius 1 is 1.15 bits per heavy atom. The van der Waals surface area contributed by atoms with Crippen LogP contribution in [0.2, 0.25) is 0 Å². The van der Waals surface area contributed by atoms with Crippen LogP contribution in [0, 0.1) is 12.7 Å². The minimum atomic E-state index is -0.992. The maximum Gasteiger partial charge on any atom is 0.307 e. The summed E-state index contributed by atoms with van der Waals surface area (Å²) in [6.07, 6.45) is 2.81. The van der Waals surface area contributed by atoms with E-state index in [1.165, 1.54) is 6.07 Å². The van der Waals surface area contributed by atoms with Gasteiger partial charge >= 0.3 is 5.97 Å². The molecular formula is C21H22FNO3. The monoisotopic (exact) mass is 355 g/mol. The van der Waals surface area contributed by atoms with Crippen LogP contribution in [0.25, 0.3) is 5.57 Å². The molecule has 0 aliphatic heterocycles. The quantitative estimate of drug-likeness (QED) is 0.789. The maximum absolute atomic E-state index is 14.2. The number of carboxylic acids is 1. The Morgan fingerprint density at radius 3 is 2.42 bits per heavy atom.